The molecule has 1 saturated heterocycles. The Balaban J connectivity index is 1.25. The van der Waals surface area contributed by atoms with E-state index in [1.807, 2.05) is 42.5 Å². The number of nitrogens with one attached hydrogen (secondary N) is 3. The van der Waals surface area contributed by atoms with Gasteiger partial charge in [-0.2, -0.15) is 0 Å². The fourth-order valence-corrected chi connectivity index (χ4v) is 5.00. The number of hydrogen-bond donors (Lipinski definition) is 3. The van der Waals surface area contributed by atoms with Crippen LogP contribution in [0.25, 0.3) is 11.3 Å². The quantitative estimate of drug-likeness (QED) is 0.241. The zero-order chi connectivity index (χ0) is 28.8. The first kappa shape index (κ1) is 28.5. The summed E-state index contributed by atoms with van der Waals surface area (Å²) in [4.78, 5) is 37.2. The predicted molar refractivity (Wildman–Crippen MR) is 162 cm³/mol. The molecule has 10 heteroatoms. The molecular formula is C31H30Cl2N6O2. The average Bonchev–Trinajstić information content (AvgIpc) is 3.44. The van der Waals surface area contributed by atoms with Gasteiger partial charge in [0.05, 0.1) is 11.9 Å². The van der Waals surface area contributed by atoms with Crippen LogP contribution in [0.1, 0.15) is 38.4 Å². The first-order valence-electron chi connectivity index (χ1n) is 13.3. The van der Waals surface area contributed by atoms with Gasteiger partial charge in [-0.25, -0.2) is 9.97 Å². The van der Waals surface area contributed by atoms with Crippen molar-refractivity contribution < 1.29 is 9.59 Å². The number of carbonyl (C=O) groups is 2. The van der Waals surface area contributed by atoms with Gasteiger partial charge in [-0.3, -0.25) is 14.5 Å². The van der Waals surface area contributed by atoms with E-state index in [4.69, 9.17) is 23.2 Å². The Labute approximate surface area is 249 Å². The number of hydrogen-bond acceptors (Lipinski definition) is 6. The second-order valence-corrected chi connectivity index (χ2v) is 10.8. The largest absolute Gasteiger partial charge is 0.364 e. The lowest BCUT2D eigenvalue weighted by Gasteiger charge is -2.17. The summed E-state index contributed by atoms with van der Waals surface area (Å²) in [6, 6.07) is 22.5. The van der Waals surface area contributed by atoms with E-state index >= 15 is 0 Å². The first-order chi connectivity index (χ1) is 19.9. The minimum atomic E-state index is -0.365. The molecule has 0 bridgehead atoms. The van der Waals surface area contributed by atoms with Crippen molar-refractivity contribution in [3.05, 3.63) is 111 Å². The summed E-state index contributed by atoms with van der Waals surface area (Å²) in [5.41, 5.74) is 4.04. The molecule has 1 aromatic heterocycles. The van der Waals surface area contributed by atoms with Crippen LogP contribution in [0.5, 0.6) is 0 Å². The number of nitrogens with zero attached hydrogens (tertiary/aromatic N) is 3. The zero-order valence-corrected chi connectivity index (χ0v) is 24.0. The maximum atomic E-state index is 13.1. The summed E-state index contributed by atoms with van der Waals surface area (Å²) in [5.74, 6) is -0.150. The van der Waals surface area contributed by atoms with E-state index in [1.165, 1.54) is 5.56 Å². The standard InChI is InChI=1S/C31H30Cl2N6O2/c1-34-31(41)28-29(35-16-20-5-9-24(32)10-6-20)36-17-27(38-28)22-3-2-4-23(15-22)30(40)37-26-13-14-39(19-26)18-21-7-11-25(33)12-8-21/h2-12,15,17,26H,13-14,16,18-19H2,1H3,(H,34,41)(H,35,36)(H,37,40). The summed E-state index contributed by atoms with van der Waals surface area (Å²) >= 11 is 12.0. The van der Waals surface area contributed by atoms with Crippen molar-refractivity contribution in [2.24, 2.45) is 0 Å². The Morgan fingerprint density at radius 2 is 1.66 bits per heavy atom. The summed E-state index contributed by atoms with van der Waals surface area (Å²) < 4.78 is 0. The van der Waals surface area contributed by atoms with E-state index < -0.39 is 0 Å². The molecule has 0 radical (unpaired) electrons. The van der Waals surface area contributed by atoms with Crippen LogP contribution in [-0.4, -0.2) is 52.9 Å². The third-order valence-corrected chi connectivity index (χ3v) is 7.44. The van der Waals surface area contributed by atoms with Crippen molar-refractivity contribution in [2.45, 2.75) is 25.6 Å². The number of benzene rings is 3. The highest BCUT2D eigenvalue weighted by molar-refractivity contribution is 6.30. The molecule has 3 N–H and O–H groups in total. The monoisotopic (exact) mass is 588 g/mol. The van der Waals surface area contributed by atoms with Gasteiger partial charge < -0.3 is 16.0 Å². The molecule has 1 unspecified atom stereocenters. The van der Waals surface area contributed by atoms with E-state index in [9.17, 15) is 9.59 Å². The van der Waals surface area contributed by atoms with Gasteiger partial charge in [0.2, 0.25) is 0 Å². The number of amides is 2. The Hall–Kier alpha value is -3.98. The number of aromatic nitrogens is 2. The van der Waals surface area contributed by atoms with Crippen LogP contribution in [0.2, 0.25) is 10.0 Å². The van der Waals surface area contributed by atoms with E-state index in [0.717, 1.165) is 36.6 Å². The molecule has 2 heterocycles. The van der Waals surface area contributed by atoms with Crippen LogP contribution in [-0.2, 0) is 13.1 Å². The lowest BCUT2D eigenvalue weighted by molar-refractivity contribution is 0.0934. The minimum absolute atomic E-state index is 0.0594. The van der Waals surface area contributed by atoms with Gasteiger partial charge >= 0.3 is 0 Å². The molecule has 1 fully saturated rings. The molecule has 5 rings (SSSR count). The second-order valence-electron chi connectivity index (χ2n) is 9.91. The molecule has 8 nitrogen and oxygen atoms in total. The van der Waals surface area contributed by atoms with Gasteiger partial charge in [0, 0.05) is 60.4 Å². The van der Waals surface area contributed by atoms with Crippen LogP contribution in [0, 0.1) is 0 Å². The molecule has 3 aromatic carbocycles. The van der Waals surface area contributed by atoms with Crippen LogP contribution in [0.15, 0.2) is 79.0 Å². The highest BCUT2D eigenvalue weighted by atomic mass is 35.5. The number of carbonyl (C=O) groups excluding carboxylic acids is 2. The lowest BCUT2D eigenvalue weighted by atomic mass is 10.1. The number of rotatable bonds is 9. The Kier molecular flexibility index (Phi) is 9.14. The Morgan fingerprint density at radius 1 is 0.951 bits per heavy atom. The number of likely N-dealkylation sites (tertiary alicyclic amines) is 1. The molecule has 210 valence electrons. The van der Waals surface area contributed by atoms with E-state index in [1.54, 1.807) is 43.6 Å². The van der Waals surface area contributed by atoms with E-state index in [-0.39, 0.29) is 23.6 Å². The van der Waals surface area contributed by atoms with Crippen molar-refractivity contribution in [1.82, 2.24) is 25.5 Å². The van der Waals surface area contributed by atoms with Crippen molar-refractivity contribution in [2.75, 3.05) is 25.5 Å². The SMILES string of the molecule is CNC(=O)c1nc(-c2cccc(C(=O)NC3CCN(Cc4ccc(Cl)cc4)C3)c2)cnc1NCc1ccc(Cl)cc1. The summed E-state index contributed by atoms with van der Waals surface area (Å²) in [7, 11) is 1.55. The van der Waals surface area contributed by atoms with Crippen LogP contribution >= 0.6 is 23.2 Å². The molecule has 1 aliphatic rings. The fourth-order valence-electron chi connectivity index (χ4n) is 4.75. The van der Waals surface area contributed by atoms with E-state index in [2.05, 4.69) is 30.8 Å². The highest BCUT2D eigenvalue weighted by Gasteiger charge is 2.24. The van der Waals surface area contributed by atoms with Gasteiger partial charge in [0.1, 0.15) is 0 Å². The van der Waals surface area contributed by atoms with Gasteiger partial charge in [0.15, 0.2) is 11.5 Å². The van der Waals surface area contributed by atoms with Crippen molar-refractivity contribution in [1.29, 1.82) is 0 Å². The smallest absolute Gasteiger partial charge is 0.273 e. The van der Waals surface area contributed by atoms with Crippen LogP contribution in [0.4, 0.5) is 5.82 Å². The minimum Gasteiger partial charge on any atom is -0.364 e. The molecule has 0 aliphatic carbocycles. The van der Waals surface area contributed by atoms with Crippen molar-refractivity contribution >= 4 is 40.8 Å². The molecule has 1 atom stereocenters. The summed E-state index contributed by atoms with van der Waals surface area (Å²) in [6.07, 6.45) is 2.48. The third-order valence-electron chi connectivity index (χ3n) is 6.94. The molecule has 1 aliphatic heterocycles. The fraction of sp³-hybridized carbons (Fsp3) is 0.226. The zero-order valence-electron chi connectivity index (χ0n) is 22.5. The number of halogens is 2. The second kappa shape index (κ2) is 13.1. The molecule has 0 spiro atoms. The van der Waals surface area contributed by atoms with Gasteiger partial charge in [-0.05, 0) is 53.9 Å². The number of anilines is 1. The lowest BCUT2D eigenvalue weighted by Crippen LogP contribution is -2.37. The summed E-state index contributed by atoms with van der Waals surface area (Å²) in [6.45, 7) is 2.95. The Morgan fingerprint density at radius 3 is 2.37 bits per heavy atom. The van der Waals surface area contributed by atoms with E-state index in [0.29, 0.717) is 34.2 Å². The van der Waals surface area contributed by atoms with Gasteiger partial charge in [0.25, 0.3) is 11.8 Å². The van der Waals surface area contributed by atoms with Crippen molar-refractivity contribution in [3.63, 3.8) is 0 Å². The van der Waals surface area contributed by atoms with Crippen molar-refractivity contribution in [3.8, 4) is 11.3 Å². The molecule has 2 amide bonds. The molecule has 41 heavy (non-hydrogen) atoms. The third kappa shape index (κ3) is 7.41. The van der Waals surface area contributed by atoms with Gasteiger partial charge in [-0.1, -0.05) is 59.6 Å². The maximum absolute atomic E-state index is 13.1. The first-order valence-corrected chi connectivity index (χ1v) is 14.1. The highest BCUT2D eigenvalue weighted by Crippen LogP contribution is 2.22. The molecular weight excluding hydrogens is 559 g/mol. The normalized spacial score (nSPS) is 15.0. The van der Waals surface area contributed by atoms with Crippen LogP contribution in [0.3, 0.4) is 0 Å². The predicted octanol–water partition coefficient (Wildman–Crippen LogP) is 5.43. The molecule has 0 saturated carbocycles. The van der Waals surface area contributed by atoms with Crippen LogP contribution < -0.4 is 16.0 Å². The Bertz CT molecular complexity index is 1530. The van der Waals surface area contributed by atoms with Gasteiger partial charge in [-0.15, -0.1) is 0 Å². The average molecular weight is 590 g/mol. The maximum Gasteiger partial charge on any atom is 0.273 e. The topological polar surface area (TPSA) is 99.2 Å². The molecule has 4 aromatic rings. The summed E-state index contributed by atoms with van der Waals surface area (Å²) in [5, 5.41) is 10.3.